The quantitative estimate of drug-likeness (QED) is 0.947. The Morgan fingerprint density at radius 3 is 2.83 bits per heavy atom. The molecule has 0 radical (unpaired) electrons. The largest absolute Gasteiger partial charge is 0.361 e. The molecule has 0 aliphatic rings. The van der Waals surface area contributed by atoms with Crippen LogP contribution in [0.1, 0.15) is 34.8 Å². The van der Waals surface area contributed by atoms with E-state index in [4.69, 9.17) is 4.52 Å². The van der Waals surface area contributed by atoms with E-state index in [9.17, 15) is 4.79 Å². The second-order valence-electron chi connectivity index (χ2n) is 4.07. The van der Waals surface area contributed by atoms with Gasteiger partial charge in [0.25, 0.3) is 5.91 Å². The van der Waals surface area contributed by atoms with E-state index in [0.29, 0.717) is 11.5 Å². The molecule has 18 heavy (non-hydrogen) atoms. The van der Waals surface area contributed by atoms with Crippen molar-refractivity contribution in [3.05, 3.63) is 51.8 Å². The molecule has 1 heterocycles. The Balaban J connectivity index is 2.07. The van der Waals surface area contributed by atoms with Crippen LogP contribution in [0.5, 0.6) is 0 Å². The summed E-state index contributed by atoms with van der Waals surface area (Å²) in [4.78, 5) is 11.9. The number of nitrogens with zero attached hydrogens (tertiary/aromatic N) is 1. The van der Waals surface area contributed by atoms with E-state index >= 15 is 0 Å². The number of aryl methyl sites for hydroxylation is 1. The normalized spacial score (nSPS) is 12.2. The maximum Gasteiger partial charge on any atom is 0.273 e. The van der Waals surface area contributed by atoms with Gasteiger partial charge in [0.15, 0.2) is 5.69 Å². The Morgan fingerprint density at radius 1 is 1.44 bits per heavy atom. The van der Waals surface area contributed by atoms with E-state index in [2.05, 4.69) is 26.4 Å². The predicted octanol–water partition coefficient (Wildman–Crippen LogP) is 3.24. The van der Waals surface area contributed by atoms with Gasteiger partial charge in [0.1, 0.15) is 5.76 Å². The summed E-state index contributed by atoms with van der Waals surface area (Å²) >= 11 is 3.40. The van der Waals surface area contributed by atoms with Gasteiger partial charge in [0.05, 0.1) is 6.04 Å². The van der Waals surface area contributed by atoms with Crippen molar-refractivity contribution < 1.29 is 9.32 Å². The first kappa shape index (κ1) is 12.8. The van der Waals surface area contributed by atoms with Crippen molar-refractivity contribution in [3.8, 4) is 0 Å². The molecule has 94 valence electrons. The second-order valence-corrected chi connectivity index (χ2v) is 4.99. The smallest absolute Gasteiger partial charge is 0.273 e. The van der Waals surface area contributed by atoms with Crippen molar-refractivity contribution in [1.29, 1.82) is 0 Å². The lowest BCUT2D eigenvalue weighted by Crippen LogP contribution is -2.26. The van der Waals surface area contributed by atoms with Gasteiger partial charge in [-0.25, -0.2) is 0 Å². The van der Waals surface area contributed by atoms with Crippen LogP contribution in [0, 0.1) is 6.92 Å². The zero-order valence-corrected chi connectivity index (χ0v) is 11.7. The van der Waals surface area contributed by atoms with Crippen molar-refractivity contribution in [2.45, 2.75) is 19.9 Å². The van der Waals surface area contributed by atoms with Gasteiger partial charge in [0, 0.05) is 10.5 Å². The molecule has 1 amide bonds. The number of carbonyl (C=O) groups excluding carboxylic acids is 1. The number of hydrogen-bond acceptors (Lipinski definition) is 3. The molecule has 2 rings (SSSR count). The predicted molar refractivity (Wildman–Crippen MR) is 71.3 cm³/mol. The fourth-order valence-corrected chi connectivity index (χ4v) is 2.02. The molecule has 0 fully saturated rings. The van der Waals surface area contributed by atoms with Crippen molar-refractivity contribution in [3.63, 3.8) is 0 Å². The molecule has 0 aliphatic carbocycles. The van der Waals surface area contributed by atoms with Gasteiger partial charge >= 0.3 is 0 Å². The fourth-order valence-electron chi connectivity index (χ4n) is 1.60. The highest BCUT2D eigenvalue weighted by Gasteiger charge is 2.14. The number of carbonyl (C=O) groups is 1. The number of aromatic nitrogens is 1. The van der Waals surface area contributed by atoms with E-state index in [1.54, 1.807) is 13.0 Å². The maximum absolute atomic E-state index is 11.9. The summed E-state index contributed by atoms with van der Waals surface area (Å²) in [6.45, 7) is 3.67. The minimum Gasteiger partial charge on any atom is -0.361 e. The molecule has 0 spiro atoms. The molecule has 0 bridgehead atoms. The number of benzene rings is 1. The molecule has 0 aliphatic heterocycles. The molecule has 5 heteroatoms. The molecule has 1 aromatic heterocycles. The average Bonchev–Trinajstić information content (AvgIpc) is 2.76. The minimum atomic E-state index is -0.237. The Hall–Kier alpha value is -1.62. The zero-order valence-electron chi connectivity index (χ0n) is 10.1. The number of halogens is 1. The van der Waals surface area contributed by atoms with E-state index in [1.807, 2.05) is 31.2 Å². The number of rotatable bonds is 3. The summed E-state index contributed by atoms with van der Waals surface area (Å²) in [5, 5.41) is 6.55. The van der Waals surface area contributed by atoms with Crippen molar-refractivity contribution in [2.24, 2.45) is 0 Å². The zero-order chi connectivity index (χ0) is 13.1. The lowest BCUT2D eigenvalue weighted by atomic mass is 10.1. The number of nitrogens with one attached hydrogen (secondary N) is 1. The minimum absolute atomic E-state index is 0.0907. The molecular formula is C13H13BrN2O2. The van der Waals surface area contributed by atoms with Gasteiger partial charge in [-0.15, -0.1) is 0 Å². The van der Waals surface area contributed by atoms with Crippen LogP contribution in [0.25, 0.3) is 0 Å². The SMILES string of the molecule is Cc1cc(C(=O)NC(C)c2cccc(Br)c2)no1. The van der Waals surface area contributed by atoms with Crippen LogP contribution in [-0.2, 0) is 0 Å². The third-order valence-corrected chi connectivity index (χ3v) is 3.05. The topological polar surface area (TPSA) is 55.1 Å². The molecule has 1 atom stereocenters. The summed E-state index contributed by atoms with van der Waals surface area (Å²) in [7, 11) is 0. The molecule has 1 N–H and O–H groups in total. The first-order valence-electron chi connectivity index (χ1n) is 5.56. The molecular weight excluding hydrogens is 296 g/mol. The van der Waals surface area contributed by atoms with E-state index in [0.717, 1.165) is 10.0 Å². The Bertz CT molecular complexity index is 566. The van der Waals surface area contributed by atoms with Gasteiger partial charge in [-0.1, -0.05) is 33.2 Å². The van der Waals surface area contributed by atoms with Crippen LogP contribution in [0.4, 0.5) is 0 Å². The first-order chi connectivity index (χ1) is 8.56. The average molecular weight is 309 g/mol. The lowest BCUT2D eigenvalue weighted by molar-refractivity contribution is 0.0930. The van der Waals surface area contributed by atoms with Gasteiger partial charge in [-0.05, 0) is 31.5 Å². The van der Waals surface area contributed by atoms with Gasteiger partial charge in [-0.3, -0.25) is 4.79 Å². The Morgan fingerprint density at radius 2 is 2.22 bits per heavy atom. The van der Waals surface area contributed by atoms with Crippen molar-refractivity contribution in [1.82, 2.24) is 10.5 Å². The third kappa shape index (κ3) is 2.98. The van der Waals surface area contributed by atoms with Crippen LogP contribution in [0.2, 0.25) is 0 Å². The number of hydrogen-bond donors (Lipinski definition) is 1. The highest BCUT2D eigenvalue weighted by Crippen LogP contribution is 2.18. The van der Waals surface area contributed by atoms with Gasteiger partial charge < -0.3 is 9.84 Å². The van der Waals surface area contributed by atoms with Crippen LogP contribution in [-0.4, -0.2) is 11.1 Å². The van der Waals surface area contributed by atoms with Crippen LogP contribution >= 0.6 is 15.9 Å². The van der Waals surface area contributed by atoms with E-state index in [1.165, 1.54) is 0 Å². The lowest BCUT2D eigenvalue weighted by Gasteiger charge is -2.13. The highest BCUT2D eigenvalue weighted by atomic mass is 79.9. The molecule has 1 unspecified atom stereocenters. The molecule has 4 nitrogen and oxygen atoms in total. The van der Waals surface area contributed by atoms with E-state index in [-0.39, 0.29) is 11.9 Å². The van der Waals surface area contributed by atoms with Gasteiger partial charge in [-0.2, -0.15) is 0 Å². The summed E-state index contributed by atoms with van der Waals surface area (Å²) in [6.07, 6.45) is 0. The second kappa shape index (κ2) is 5.35. The van der Waals surface area contributed by atoms with Crippen molar-refractivity contribution in [2.75, 3.05) is 0 Å². The maximum atomic E-state index is 11.9. The van der Waals surface area contributed by atoms with Gasteiger partial charge in [0.2, 0.25) is 0 Å². The monoisotopic (exact) mass is 308 g/mol. The van der Waals surface area contributed by atoms with Crippen molar-refractivity contribution >= 4 is 21.8 Å². The van der Waals surface area contributed by atoms with Crippen LogP contribution in [0.15, 0.2) is 39.3 Å². The number of amides is 1. The summed E-state index contributed by atoms with van der Waals surface area (Å²) in [5.41, 5.74) is 1.33. The molecule has 0 saturated carbocycles. The van der Waals surface area contributed by atoms with Crippen LogP contribution in [0.3, 0.4) is 0 Å². The standard InChI is InChI=1S/C13H13BrN2O2/c1-8-6-12(16-18-8)13(17)15-9(2)10-4-3-5-11(14)7-10/h3-7,9H,1-2H3,(H,15,17). The van der Waals surface area contributed by atoms with E-state index < -0.39 is 0 Å². The Kier molecular flexibility index (Phi) is 3.81. The fraction of sp³-hybridized carbons (Fsp3) is 0.231. The highest BCUT2D eigenvalue weighted by molar-refractivity contribution is 9.10. The third-order valence-electron chi connectivity index (χ3n) is 2.56. The Labute approximate surface area is 113 Å². The molecule has 1 aromatic carbocycles. The summed E-state index contributed by atoms with van der Waals surface area (Å²) in [5.74, 6) is 0.384. The molecule has 0 saturated heterocycles. The van der Waals surface area contributed by atoms with Crippen LogP contribution < -0.4 is 5.32 Å². The summed E-state index contributed by atoms with van der Waals surface area (Å²) < 4.78 is 5.86. The molecule has 2 aromatic rings. The summed E-state index contributed by atoms with van der Waals surface area (Å²) in [6, 6.07) is 9.33. The first-order valence-corrected chi connectivity index (χ1v) is 6.35.